The molecule has 1 atom stereocenters. The average molecular weight is 818 g/mol. The molecule has 56 heavy (non-hydrogen) atoms. The normalized spacial score (nSPS) is 13.3. The van der Waals surface area contributed by atoms with Crippen molar-refractivity contribution in [3.63, 3.8) is 0 Å². The molecular formula is C47H98N2O6P+. The van der Waals surface area contributed by atoms with Crippen molar-refractivity contribution in [3.05, 3.63) is 0 Å². The third-order valence-electron chi connectivity index (χ3n) is 11.5. The van der Waals surface area contributed by atoms with Gasteiger partial charge in [-0.2, -0.15) is 0 Å². The largest absolute Gasteiger partial charge is 0.472 e. The van der Waals surface area contributed by atoms with E-state index in [1.54, 1.807) is 0 Å². The number of nitrogens with zero attached hydrogens (tertiary/aromatic N) is 1. The summed E-state index contributed by atoms with van der Waals surface area (Å²) in [7, 11) is 1.81. The highest BCUT2D eigenvalue weighted by molar-refractivity contribution is 7.47. The fourth-order valence-electron chi connectivity index (χ4n) is 7.65. The second-order valence-electron chi connectivity index (χ2n) is 18.3. The Bertz CT molecular complexity index is 862. The Hall–Kier alpha value is -0.660. The zero-order chi connectivity index (χ0) is 41.5. The Balaban J connectivity index is 4.86. The van der Waals surface area contributed by atoms with Crippen molar-refractivity contribution in [2.45, 2.75) is 239 Å². The maximum Gasteiger partial charge on any atom is 0.472 e. The first-order valence-electron chi connectivity index (χ1n) is 24.3. The van der Waals surface area contributed by atoms with E-state index in [0.717, 1.165) is 38.5 Å². The molecule has 0 aromatic heterocycles. The smallest absolute Gasteiger partial charge is 0.449 e. The summed E-state index contributed by atoms with van der Waals surface area (Å²) >= 11 is 0. The van der Waals surface area contributed by atoms with Gasteiger partial charge < -0.3 is 19.4 Å². The molecule has 336 valence electrons. The highest BCUT2D eigenvalue weighted by Gasteiger charge is 2.35. The molecule has 0 saturated heterocycles. The van der Waals surface area contributed by atoms with Crippen molar-refractivity contribution >= 4 is 13.9 Å². The molecule has 2 N–H and O–H groups in total. The van der Waals surface area contributed by atoms with Crippen LogP contribution in [0.3, 0.4) is 0 Å². The van der Waals surface area contributed by atoms with Crippen LogP contribution in [0.2, 0.25) is 0 Å². The molecule has 0 rings (SSSR count). The van der Waals surface area contributed by atoms with Gasteiger partial charge in [-0.25, -0.2) is 9.36 Å². The van der Waals surface area contributed by atoms with Crippen LogP contribution in [-0.4, -0.2) is 69.5 Å². The number of rotatable bonds is 44. The Morgan fingerprint density at radius 1 is 0.518 bits per heavy atom. The van der Waals surface area contributed by atoms with Crippen LogP contribution < -0.4 is 5.32 Å². The second kappa shape index (κ2) is 38.5. The van der Waals surface area contributed by atoms with E-state index in [-0.39, 0.29) is 19.8 Å². The molecule has 0 aromatic carbocycles. The van der Waals surface area contributed by atoms with Crippen LogP contribution in [0.5, 0.6) is 0 Å². The summed E-state index contributed by atoms with van der Waals surface area (Å²) in [6.07, 6.45) is 43.2. The number of phosphoric acid groups is 1. The number of quaternary nitrogens is 1. The minimum absolute atomic E-state index is 0.0437. The van der Waals surface area contributed by atoms with E-state index in [1.807, 2.05) is 28.1 Å². The molecule has 1 amide bonds. The molecule has 0 heterocycles. The van der Waals surface area contributed by atoms with E-state index in [0.29, 0.717) is 17.6 Å². The topological polar surface area (TPSA) is 94.1 Å². The number of hydrogen-bond acceptors (Lipinski definition) is 5. The molecule has 0 spiro atoms. The molecule has 0 saturated carbocycles. The molecule has 8 nitrogen and oxygen atoms in total. The Kier molecular flexibility index (Phi) is 38.1. The summed E-state index contributed by atoms with van der Waals surface area (Å²) in [5.41, 5.74) is -0.529. The lowest BCUT2D eigenvalue weighted by atomic mass is 9.79. The number of carbonyl (C=O) groups is 1. The summed E-state index contributed by atoms with van der Waals surface area (Å²) in [5, 5.41) is 2.75. The van der Waals surface area contributed by atoms with Gasteiger partial charge in [0.2, 0.25) is 0 Å². The quantitative estimate of drug-likeness (QED) is 0.0361. The lowest BCUT2D eigenvalue weighted by Gasteiger charge is -2.34. The predicted molar refractivity (Wildman–Crippen MR) is 240 cm³/mol. The van der Waals surface area contributed by atoms with Gasteiger partial charge in [-0.15, -0.1) is 0 Å². The van der Waals surface area contributed by atoms with Gasteiger partial charge in [-0.3, -0.25) is 9.05 Å². The molecule has 1 unspecified atom stereocenters. The van der Waals surface area contributed by atoms with E-state index >= 15 is 0 Å². The Morgan fingerprint density at radius 3 is 1.14 bits per heavy atom. The first-order valence-corrected chi connectivity index (χ1v) is 25.8. The predicted octanol–water partition coefficient (Wildman–Crippen LogP) is 14.9. The Labute approximate surface area is 349 Å². The van der Waals surface area contributed by atoms with E-state index < -0.39 is 19.3 Å². The van der Waals surface area contributed by atoms with Crippen molar-refractivity contribution in [2.75, 3.05) is 54.1 Å². The van der Waals surface area contributed by atoms with Crippen LogP contribution in [0, 0.1) is 5.41 Å². The summed E-state index contributed by atoms with van der Waals surface area (Å²) < 4.78 is 30.5. The van der Waals surface area contributed by atoms with Crippen LogP contribution in [-0.2, 0) is 18.3 Å². The molecule has 0 fully saturated rings. The maximum absolute atomic E-state index is 13.0. The molecule has 9 heteroatoms. The van der Waals surface area contributed by atoms with Crippen molar-refractivity contribution in [3.8, 4) is 0 Å². The first-order chi connectivity index (χ1) is 27.0. The van der Waals surface area contributed by atoms with Crippen LogP contribution >= 0.6 is 7.82 Å². The zero-order valence-electron chi connectivity index (χ0n) is 38.5. The summed E-state index contributed by atoms with van der Waals surface area (Å²) in [6, 6.07) is 0. The highest BCUT2D eigenvalue weighted by Crippen LogP contribution is 2.46. The van der Waals surface area contributed by atoms with Crippen LogP contribution in [0.25, 0.3) is 0 Å². The van der Waals surface area contributed by atoms with Crippen LogP contribution in [0.15, 0.2) is 0 Å². The van der Waals surface area contributed by atoms with E-state index in [1.165, 1.54) is 180 Å². The van der Waals surface area contributed by atoms with Crippen molar-refractivity contribution in [1.29, 1.82) is 0 Å². The van der Waals surface area contributed by atoms with Gasteiger partial charge >= 0.3 is 13.9 Å². The molecule has 0 bridgehead atoms. The minimum Gasteiger partial charge on any atom is -0.449 e. The van der Waals surface area contributed by atoms with Crippen molar-refractivity contribution in [2.24, 2.45) is 5.41 Å². The minimum atomic E-state index is -4.25. The van der Waals surface area contributed by atoms with E-state index in [9.17, 15) is 14.3 Å². The van der Waals surface area contributed by atoms with Crippen molar-refractivity contribution < 1.29 is 32.5 Å². The van der Waals surface area contributed by atoms with Crippen LogP contribution in [0.1, 0.15) is 239 Å². The fraction of sp³-hybridized carbons (Fsp3) is 0.979. The average Bonchev–Trinajstić information content (AvgIpc) is 3.15. The van der Waals surface area contributed by atoms with Crippen molar-refractivity contribution in [1.82, 2.24) is 5.32 Å². The number of unbranched alkanes of at least 4 members (excludes halogenated alkanes) is 30. The highest BCUT2D eigenvalue weighted by atomic mass is 31.2. The number of phosphoric ester groups is 1. The first kappa shape index (κ1) is 55.3. The van der Waals surface area contributed by atoms with Gasteiger partial charge in [0.05, 0.1) is 27.7 Å². The SMILES string of the molecule is CCCCCCCCCCCCCCCCCCC(CCCCCCCCCCCCCCCCCC)(COC(=O)NCC)COP(=O)(O)OCC[N+](C)(C)C. The summed E-state index contributed by atoms with van der Waals surface area (Å²) in [6.45, 7) is 7.88. The van der Waals surface area contributed by atoms with Gasteiger partial charge in [-0.1, -0.05) is 219 Å². The van der Waals surface area contributed by atoms with E-state index in [2.05, 4.69) is 19.2 Å². The molecule has 0 aliphatic rings. The summed E-state index contributed by atoms with van der Waals surface area (Å²) in [5.74, 6) is 0. The number of likely N-dealkylation sites (N-methyl/N-ethyl adjacent to an activating group) is 1. The third-order valence-corrected chi connectivity index (χ3v) is 12.5. The summed E-state index contributed by atoms with van der Waals surface area (Å²) in [4.78, 5) is 23.1. The van der Waals surface area contributed by atoms with Gasteiger partial charge in [0, 0.05) is 12.0 Å². The van der Waals surface area contributed by atoms with Crippen LogP contribution in [0.4, 0.5) is 4.79 Å². The zero-order valence-corrected chi connectivity index (χ0v) is 39.4. The number of amides is 1. The van der Waals surface area contributed by atoms with Gasteiger partial charge in [-0.05, 0) is 19.8 Å². The van der Waals surface area contributed by atoms with Gasteiger partial charge in [0.25, 0.3) is 0 Å². The third kappa shape index (κ3) is 38.8. The number of alkyl carbamates (subject to hydrolysis) is 1. The number of nitrogens with one attached hydrogen (secondary N) is 1. The molecule has 0 aliphatic heterocycles. The molecule has 0 aliphatic carbocycles. The molecule has 0 aromatic rings. The molecule has 0 radical (unpaired) electrons. The number of carbonyl (C=O) groups excluding carboxylic acids is 1. The standard InChI is InChI=1S/C47H97N2O6P/c1-7-10-12-14-16-18-20-22-24-26-28-30-32-34-36-38-40-47(44-53-46(50)48-9-3,45-55-56(51,52)54-43-42-49(4,5)6)41-39-37-35-33-31-29-27-25-23-21-19-17-15-13-11-8-2/h7-45H2,1-6H3,(H-,48,50,51,52)/p+1. The molecular weight excluding hydrogens is 719 g/mol. The Morgan fingerprint density at radius 2 is 0.839 bits per heavy atom. The second-order valence-corrected chi connectivity index (χ2v) is 19.8. The number of hydrogen-bond donors (Lipinski definition) is 2. The van der Waals surface area contributed by atoms with Gasteiger partial charge in [0.1, 0.15) is 19.8 Å². The maximum atomic E-state index is 13.0. The lowest BCUT2D eigenvalue weighted by Crippen LogP contribution is -2.37. The number of ether oxygens (including phenoxy) is 1. The van der Waals surface area contributed by atoms with E-state index in [4.69, 9.17) is 13.8 Å². The lowest BCUT2D eigenvalue weighted by molar-refractivity contribution is -0.870. The monoisotopic (exact) mass is 818 g/mol. The van der Waals surface area contributed by atoms with Gasteiger partial charge in [0.15, 0.2) is 0 Å². The fourth-order valence-corrected chi connectivity index (χ4v) is 8.48.